The largest absolute Gasteiger partial charge is 0.299 e. The molecule has 0 aliphatic heterocycles. The lowest BCUT2D eigenvalue weighted by molar-refractivity contribution is -0.115. The molecule has 1 radical (unpaired) electrons. The van der Waals surface area contributed by atoms with Gasteiger partial charge in [0.1, 0.15) is 5.78 Å². The van der Waals surface area contributed by atoms with E-state index in [2.05, 4.69) is 6.92 Å². The minimum absolute atomic E-state index is 0.304. The van der Waals surface area contributed by atoms with E-state index in [0.717, 1.165) is 12.8 Å². The smallest absolute Gasteiger partial charge is 0.136 e. The van der Waals surface area contributed by atoms with E-state index in [0.29, 0.717) is 5.78 Å². The van der Waals surface area contributed by atoms with Gasteiger partial charge in [0.15, 0.2) is 0 Å². The second kappa shape index (κ2) is 11.7. The van der Waals surface area contributed by atoms with Gasteiger partial charge in [-0.1, -0.05) is 65.2 Å². The first-order valence-corrected chi connectivity index (χ1v) is 6.63. The van der Waals surface area contributed by atoms with Crippen LogP contribution in [0.3, 0.4) is 0 Å². The average molecular weight is 211 g/mol. The monoisotopic (exact) mass is 211 g/mol. The zero-order valence-electron chi connectivity index (χ0n) is 10.6. The topological polar surface area (TPSA) is 17.1 Å². The molecule has 0 aromatic heterocycles. The van der Waals surface area contributed by atoms with Crippen LogP contribution in [0.4, 0.5) is 0 Å². The normalized spacial score (nSPS) is 10.5. The molecule has 15 heavy (non-hydrogen) atoms. The summed E-state index contributed by atoms with van der Waals surface area (Å²) in [5, 5.41) is 0. The molecule has 1 nitrogen and oxygen atoms in total. The average Bonchev–Trinajstić information content (AvgIpc) is 2.26. The summed E-state index contributed by atoms with van der Waals surface area (Å²) in [5.41, 5.74) is 0. The minimum Gasteiger partial charge on any atom is -0.299 e. The summed E-state index contributed by atoms with van der Waals surface area (Å²) in [7, 11) is 0. The van der Waals surface area contributed by atoms with Crippen molar-refractivity contribution in [3.8, 4) is 0 Å². The summed E-state index contributed by atoms with van der Waals surface area (Å²) in [5.74, 6) is 0.304. The van der Waals surface area contributed by atoms with Crippen molar-refractivity contribution < 1.29 is 4.79 Å². The Morgan fingerprint density at radius 1 is 0.867 bits per heavy atom. The SMILES string of the molecule is C[CH]C(=O)CCCCCCCCCCC. The van der Waals surface area contributed by atoms with Crippen molar-refractivity contribution in [3.63, 3.8) is 0 Å². The number of rotatable bonds is 11. The van der Waals surface area contributed by atoms with Gasteiger partial charge < -0.3 is 0 Å². The third-order valence-electron chi connectivity index (χ3n) is 2.85. The van der Waals surface area contributed by atoms with Crippen molar-refractivity contribution in [2.75, 3.05) is 0 Å². The Kier molecular flexibility index (Phi) is 11.5. The highest BCUT2D eigenvalue weighted by molar-refractivity contribution is 5.86. The van der Waals surface area contributed by atoms with Crippen LogP contribution in [-0.2, 0) is 4.79 Å². The summed E-state index contributed by atoms with van der Waals surface area (Å²) in [6, 6.07) is 0. The molecule has 0 amide bonds. The Balaban J connectivity index is 2.95. The first kappa shape index (κ1) is 14.7. The lowest BCUT2D eigenvalue weighted by Gasteiger charge is -2.01. The molecule has 0 atom stereocenters. The van der Waals surface area contributed by atoms with Crippen LogP contribution in [0.25, 0.3) is 0 Å². The molecule has 1 heteroatoms. The first-order chi connectivity index (χ1) is 7.31. The fourth-order valence-electron chi connectivity index (χ4n) is 1.75. The van der Waals surface area contributed by atoms with Crippen molar-refractivity contribution in [2.45, 2.75) is 78.1 Å². The highest BCUT2D eigenvalue weighted by Crippen LogP contribution is 2.10. The van der Waals surface area contributed by atoms with E-state index in [1.54, 1.807) is 6.42 Å². The lowest BCUT2D eigenvalue weighted by Crippen LogP contribution is -1.94. The van der Waals surface area contributed by atoms with Gasteiger partial charge in [0, 0.05) is 12.8 Å². The van der Waals surface area contributed by atoms with Crippen molar-refractivity contribution in [2.24, 2.45) is 0 Å². The van der Waals surface area contributed by atoms with Crippen molar-refractivity contribution in [1.29, 1.82) is 0 Å². The fourth-order valence-corrected chi connectivity index (χ4v) is 1.75. The van der Waals surface area contributed by atoms with Gasteiger partial charge in [-0.15, -0.1) is 0 Å². The highest BCUT2D eigenvalue weighted by Gasteiger charge is 1.97. The van der Waals surface area contributed by atoms with Gasteiger partial charge >= 0.3 is 0 Å². The van der Waals surface area contributed by atoms with Crippen LogP contribution in [0.2, 0.25) is 0 Å². The van der Waals surface area contributed by atoms with Crippen LogP contribution >= 0.6 is 0 Å². The van der Waals surface area contributed by atoms with Gasteiger partial charge in [-0.3, -0.25) is 4.79 Å². The maximum atomic E-state index is 11.0. The first-order valence-electron chi connectivity index (χ1n) is 6.63. The van der Waals surface area contributed by atoms with Gasteiger partial charge in [0.05, 0.1) is 0 Å². The molecular weight excluding hydrogens is 184 g/mol. The third-order valence-corrected chi connectivity index (χ3v) is 2.85. The van der Waals surface area contributed by atoms with Crippen LogP contribution in [0.15, 0.2) is 0 Å². The maximum absolute atomic E-state index is 11.0. The predicted molar refractivity (Wildman–Crippen MR) is 66.8 cm³/mol. The summed E-state index contributed by atoms with van der Waals surface area (Å²) >= 11 is 0. The molecule has 0 fully saturated rings. The van der Waals surface area contributed by atoms with Crippen molar-refractivity contribution in [1.82, 2.24) is 0 Å². The van der Waals surface area contributed by atoms with Crippen LogP contribution in [-0.4, -0.2) is 5.78 Å². The van der Waals surface area contributed by atoms with Crippen LogP contribution < -0.4 is 0 Å². The Morgan fingerprint density at radius 2 is 1.33 bits per heavy atom. The Hall–Kier alpha value is -0.330. The quantitative estimate of drug-likeness (QED) is 0.453. The zero-order valence-corrected chi connectivity index (χ0v) is 10.6. The molecule has 0 N–H and O–H groups in total. The number of unbranched alkanes of at least 4 members (excludes halogenated alkanes) is 8. The number of ketones is 1. The standard InChI is InChI=1S/C14H27O/c1-3-5-6-7-8-9-10-11-12-13-14(15)4-2/h4H,3,5-13H2,1-2H3. The third kappa shape index (κ3) is 11.6. The number of Topliss-reactive ketones (excluding diaryl/α,β-unsaturated/α-hetero) is 1. The van der Waals surface area contributed by atoms with E-state index in [-0.39, 0.29) is 0 Å². The molecule has 0 aromatic rings. The van der Waals surface area contributed by atoms with Crippen molar-refractivity contribution in [3.05, 3.63) is 6.42 Å². The molecule has 0 heterocycles. The number of hydrogen-bond acceptors (Lipinski definition) is 1. The van der Waals surface area contributed by atoms with E-state index in [1.165, 1.54) is 51.4 Å². The van der Waals surface area contributed by atoms with Crippen LogP contribution in [0, 0.1) is 6.42 Å². The van der Waals surface area contributed by atoms with Crippen LogP contribution in [0.1, 0.15) is 78.1 Å². The predicted octanol–water partition coefficient (Wildman–Crippen LogP) is 4.70. The van der Waals surface area contributed by atoms with E-state index in [4.69, 9.17) is 0 Å². The lowest BCUT2D eigenvalue weighted by atomic mass is 10.1. The summed E-state index contributed by atoms with van der Waals surface area (Å²) in [6.45, 7) is 4.08. The molecule has 0 saturated heterocycles. The summed E-state index contributed by atoms with van der Waals surface area (Å²) in [6.07, 6.45) is 14.3. The fraction of sp³-hybridized carbons (Fsp3) is 0.857. The van der Waals surface area contributed by atoms with E-state index in [9.17, 15) is 4.79 Å². The van der Waals surface area contributed by atoms with Gasteiger partial charge in [0.2, 0.25) is 0 Å². The molecule has 0 unspecified atom stereocenters. The van der Waals surface area contributed by atoms with E-state index < -0.39 is 0 Å². The van der Waals surface area contributed by atoms with Gasteiger partial charge in [-0.25, -0.2) is 0 Å². The second-order valence-electron chi connectivity index (χ2n) is 4.33. The van der Waals surface area contributed by atoms with Crippen molar-refractivity contribution >= 4 is 5.78 Å². The number of carbonyl (C=O) groups is 1. The molecular formula is C14H27O. The summed E-state index contributed by atoms with van der Waals surface area (Å²) in [4.78, 5) is 11.0. The summed E-state index contributed by atoms with van der Waals surface area (Å²) < 4.78 is 0. The van der Waals surface area contributed by atoms with Gasteiger partial charge in [-0.05, 0) is 6.42 Å². The van der Waals surface area contributed by atoms with Gasteiger partial charge in [0.25, 0.3) is 0 Å². The van der Waals surface area contributed by atoms with Gasteiger partial charge in [-0.2, -0.15) is 0 Å². The van der Waals surface area contributed by atoms with Crippen LogP contribution in [0.5, 0.6) is 0 Å². The molecule has 0 aliphatic carbocycles. The Morgan fingerprint density at radius 3 is 1.80 bits per heavy atom. The van der Waals surface area contributed by atoms with E-state index >= 15 is 0 Å². The maximum Gasteiger partial charge on any atom is 0.136 e. The molecule has 0 bridgehead atoms. The molecule has 0 saturated carbocycles. The molecule has 0 rings (SSSR count). The highest BCUT2D eigenvalue weighted by atomic mass is 16.1. The number of hydrogen-bond donors (Lipinski definition) is 0. The Labute approximate surface area is 95.6 Å². The molecule has 0 spiro atoms. The molecule has 0 aliphatic rings. The van der Waals surface area contributed by atoms with E-state index in [1.807, 2.05) is 6.92 Å². The molecule has 89 valence electrons. The number of carbonyl (C=O) groups excluding carboxylic acids is 1. The molecule has 0 aromatic carbocycles. The minimum atomic E-state index is 0.304. The Bertz CT molecular complexity index is 140. The zero-order chi connectivity index (χ0) is 11.4. The second-order valence-corrected chi connectivity index (χ2v) is 4.33.